The van der Waals surface area contributed by atoms with Crippen molar-refractivity contribution in [1.82, 2.24) is 0 Å². The number of benzene rings is 2. The molecule has 2 nitrogen and oxygen atoms in total. The van der Waals surface area contributed by atoms with Crippen LogP contribution in [0.25, 0.3) is 0 Å². The minimum Gasteiger partial charge on any atom is -0.150 e. The fourth-order valence-corrected chi connectivity index (χ4v) is 3.35. The Bertz CT molecular complexity index is 765. The van der Waals surface area contributed by atoms with Gasteiger partial charge in [0.1, 0.15) is 0 Å². The Labute approximate surface area is 118 Å². The third-order valence-electron chi connectivity index (χ3n) is 4.33. The number of hydrogen-bond acceptors (Lipinski definition) is 2. The third-order valence-corrected chi connectivity index (χ3v) is 4.33. The summed E-state index contributed by atoms with van der Waals surface area (Å²) >= 11 is 0. The van der Waals surface area contributed by atoms with E-state index in [9.17, 15) is 0 Å². The molecule has 0 bridgehead atoms. The predicted molar refractivity (Wildman–Crippen MR) is 79.8 cm³/mol. The average Bonchev–Trinajstić information content (AvgIpc) is 2.88. The highest BCUT2D eigenvalue weighted by Gasteiger charge is 2.27. The van der Waals surface area contributed by atoms with Crippen LogP contribution < -0.4 is 0 Å². The second-order valence-electron chi connectivity index (χ2n) is 5.48. The topological polar surface area (TPSA) is 24.7 Å². The van der Waals surface area contributed by atoms with Crippen molar-refractivity contribution in [3.63, 3.8) is 0 Å². The molecule has 2 aliphatic rings. The van der Waals surface area contributed by atoms with Crippen molar-refractivity contribution >= 4 is 11.4 Å². The van der Waals surface area contributed by atoms with Crippen molar-refractivity contribution in [3.8, 4) is 12.3 Å². The molecule has 0 amide bonds. The lowest BCUT2D eigenvalue weighted by Gasteiger charge is -2.17. The van der Waals surface area contributed by atoms with Crippen molar-refractivity contribution in [3.05, 3.63) is 58.7 Å². The van der Waals surface area contributed by atoms with E-state index >= 15 is 0 Å². The fraction of sp³-hybridized carbons (Fsp3) is 0.222. The molecular formula is C18H14N2. The van der Waals surface area contributed by atoms with E-state index in [1.807, 2.05) is 12.1 Å². The maximum absolute atomic E-state index is 5.47. The lowest BCUT2D eigenvalue weighted by Crippen LogP contribution is -2.01. The number of azo groups is 1. The van der Waals surface area contributed by atoms with Crippen LogP contribution in [0.3, 0.4) is 0 Å². The van der Waals surface area contributed by atoms with Crippen LogP contribution in [0.4, 0.5) is 11.4 Å². The summed E-state index contributed by atoms with van der Waals surface area (Å²) in [5, 5.41) is 8.90. The number of hydrogen-bond donors (Lipinski definition) is 0. The first-order chi connectivity index (χ1) is 9.85. The molecule has 1 heterocycles. The number of fused-ring (bicyclic) bond motifs is 1. The number of aryl methyl sites for hydroxylation is 1. The van der Waals surface area contributed by atoms with Crippen molar-refractivity contribution in [2.75, 3.05) is 0 Å². The van der Waals surface area contributed by atoms with Crippen LogP contribution in [-0.2, 0) is 12.8 Å². The standard InChI is InChI=1S/C18H14N2/c1-2-12-6-7-14-11-15-9-8-13-4-3-5-16(18(13)15)19-20-17(14)10-12/h1,3-7,10,15H,8-9,11H2. The Morgan fingerprint density at radius 3 is 2.85 bits per heavy atom. The highest BCUT2D eigenvalue weighted by atomic mass is 15.1. The summed E-state index contributed by atoms with van der Waals surface area (Å²) in [6.45, 7) is 0. The molecule has 0 fully saturated rings. The normalized spacial score (nSPS) is 18.6. The quantitative estimate of drug-likeness (QED) is 0.613. The summed E-state index contributed by atoms with van der Waals surface area (Å²) in [5.74, 6) is 3.23. The highest BCUT2D eigenvalue weighted by molar-refractivity contribution is 5.59. The summed E-state index contributed by atoms with van der Waals surface area (Å²) in [5.41, 5.74) is 6.91. The van der Waals surface area contributed by atoms with Crippen LogP contribution >= 0.6 is 0 Å². The molecule has 20 heavy (non-hydrogen) atoms. The van der Waals surface area contributed by atoms with Gasteiger partial charge in [0.25, 0.3) is 0 Å². The summed E-state index contributed by atoms with van der Waals surface area (Å²) < 4.78 is 0. The minimum atomic E-state index is 0.566. The summed E-state index contributed by atoms with van der Waals surface area (Å²) in [6.07, 6.45) is 8.86. The van der Waals surface area contributed by atoms with E-state index in [0.29, 0.717) is 5.92 Å². The molecule has 1 aliphatic carbocycles. The predicted octanol–water partition coefficient (Wildman–Crippen LogP) is 4.67. The molecule has 96 valence electrons. The lowest BCUT2D eigenvalue weighted by atomic mass is 9.91. The average molecular weight is 258 g/mol. The first-order valence-corrected chi connectivity index (χ1v) is 6.98. The van der Waals surface area contributed by atoms with Crippen molar-refractivity contribution in [1.29, 1.82) is 0 Å². The number of terminal acetylenes is 1. The number of nitrogens with zero attached hydrogens (tertiary/aromatic N) is 2. The Kier molecular flexibility index (Phi) is 2.47. The maximum Gasteiger partial charge on any atom is 0.0901 e. The monoisotopic (exact) mass is 258 g/mol. The fourth-order valence-electron chi connectivity index (χ4n) is 3.35. The molecule has 1 atom stereocenters. The zero-order valence-electron chi connectivity index (χ0n) is 11.1. The van der Waals surface area contributed by atoms with Crippen LogP contribution in [0.1, 0.15) is 34.6 Å². The largest absolute Gasteiger partial charge is 0.150 e. The van der Waals surface area contributed by atoms with Gasteiger partial charge in [-0.05, 0) is 60.1 Å². The smallest absolute Gasteiger partial charge is 0.0901 e. The van der Waals surface area contributed by atoms with Gasteiger partial charge < -0.3 is 0 Å². The maximum atomic E-state index is 5.47. The van der Waals surface area contributed by atoms with Gasteiger partial charge in [0.05, 0.1) is 11.4 Å². The van der Waals surface area contributed by atoms with Gasteiger partial charge >= 0.3 is 0 Å². The van der Waals surface area contributed by atoms with Crippen LogP contribution in [0, 0.1) is 12.3 Å². The Morgan fingerprint density at radius 2 is 1.95 bits per heavy atom. The van der Waals surface area contributed by atoms with Crippen molar-refractivity contribution in [2.24, 2.45) is 10.2 Å². The van der Waals surface area contributed by atoms with Gasteiger partial charge in [-0.25, -0.2) is 0 Å². The third kappa shape index (κ3) is 1.67. The second-order valence-corrected chi connectivity index (χ2v) is 5.48. The van der Waals surface area contributed by atoms with Crippen molar-refractivity contribution in [2.45, 2.75) is 25.2 Å². The second kappa shape index (κ2) is 4.31. The van der Waals surface area contributed by atoms with E-state index in [2.05, 4.69) is 40.4 Å². The van der Waals surface area contributed by atoms with E-state index in [0.717, 1.165) is 29.8 Å². The van der Waals surface area contributed by atoms with Gasteiger partial charge in [-0.15, -0.1) is 6.42 Å². The summed E-state index contributed by atoms with van der Waals surface area (Å²) in [4.78, 5) is 0. The minimum absolute atomic E-state index is 0.566. The van der Waals surface area contributed by atoms with Crippen LogP contribution in [0.2, 0.25) is 0 Å². The molecule has 0 saturated heterocycles. The zero-order chi connectivity index (χ0) is 13.5. The molecule has 0 spiro atoms. The Balaban J connectivity index is 1.90. The first-order valence-electron chi connectivity index (χ1n) is 6.98. The SMILES string of the molecule is C#Cc1ccc2c(c1)N=Nc1cccc3c1C(CC3)C2. The Morgan fingerprint density at radius 1 is 1.05 bits per heavy atom. The first kappa shape index (κ1) is 11.4. The van der Waals surface area contributed by atoms with Crippen LogP contribution in [0.5, 0.6) is 0 Å². The molecule has 2 aromatic carbocycles. The summed E-state index contributed by atoms with van der Waals surface area (Å²) in [6, 6.07) is 12.4. The van der Waals surface area contributed by atoms with Gasteiger partial charge in [-0.3, -0.25) is 0 Å². The molecule has 0 aromatic heterocycles. The van der Waals surface area contributed by atoms with Gasteiger partial charge in [-0.2, -0.15) is 10.2 Å². The molecule has 0 saturated carbocycles. The number of rotatable bonds is 0. The lowest BCUT2D eigenvalue weighted by molar-refractivity contribution is 0.672. The van der Waals surface area contributed by atoms with E-state index in [1.165, 1.54) is 23.1 Å². The molecule has 1 unspecified atom stereocenters. The van der Waals surface area contributed by atoms with Gasteiger partial charge in [-0.1, -0.05) is 24.1 Å². The molecule has 0 radical (unpaired) electrons. The van der Waals surface area contributed by atoms with Gasteiger partial charge in [0, 0.05) is 5.56 Å². The van der Waals surface area contributed by atoms with Crippen molar-refractivity contribution < 1.29 is 0 Å². The van der Waals surface area contributed by atoms with Gasteiger partial charge in [0.2, 0.25) is 0 Å². The molecule has 2 heteroatoms. The molecule has 2 aromatic rings. The highest BCUT2D eigenvalue weighted by Crippen LogP contribution is 2.44. The summed E-state index contributed by atoms with van der Waals surface area (Å²) in [7, 11) is 0. The van der Waals surface area contributed by atoms with E-state index in [4.69, 9.17) is 6.42 Å². The molecular weight excluding hydrogens is 244 g/mol. The Hall–Kier alpha value is -2.40. The zero-order valence-corrected chi connectivity index (χ0v) is 11.1. The molecule has 4 rings (SSSR count). The van der Waals surface area contributed by atoms with E-state index in [-0.39, 0.29) is 0 Å². The van der Waals surface area contributed by atoms with E-state index < -0.39 is 0 Å². The van der Waals surface area contributed by atoms with Crippen LogP contribution in [0.15, 0.2) is 46.6 Å². The van der Waals surface area contributed by atoms with Crippen LogP contribution in [-0.4, -0.2) is 0 Å². The van der Waals surface area contributed by atoms with E-state index in [1.54, 1.807) is 0 Å². The van der Waals surface area contributed by atoms with Gasteiger partial charge in [0.15, 0.2) is 0 Å². The molecule has 0 N–H and O–H groups in total. The molecule has 1 aliphatic heterocycles.